The highest BCUT2D eigenvalue weighted by atomic mass is 32.2. The summed E-state index contributed by atoms with van der Waals surface area (Å²) in [6.45, 7) is 9.56. The fourth-order valence-corrected chi connectivity index (χ4v) is 7.31. The summed E-state index contributed by atoms with van der Waals surface area (Å²) in [7, 11) is -2.09. The van der Waals surface area contributed by atoms with Crippen molar-refractivity contribution in [3.8, 4) is 22.9 Å². The average Bonchev–Trinajstić information content (AvgIpc) is 3.25. The molecule has 11 nitrogen and oxygen atoms in total. The van der Waals surface area contributed by atoms with E-state index in [0.717, 1.165) is 11.6 Å². The summed E-state index contributed by atoms with van der Waals surface area (Å²) < 4.78 is 49.3. The van der Waals surface area contributed by atoms with Crippen LogP contribution in [0.15, 0.2) is 36.7 Å². The van der Waals surface area contributed by atoms with Gasteiger partial charge >= 0.3 is 0 Å². The molecule has 1 aromatic carbocycles. The van der Waals surface area contributed by atoms with E-state index in [-0.39, 0.29) is 12.5 Å². The number of hydrogen-bond donors (Lipinski definition) is 1. The van der Waals surface area contributed by atoms with Crippen molar-refractivity contribution in [2.45, 2.75) is 56.2 Å². The van der Waals surface area contributed by atoms with Crippen LogP contribution in [-0.2, 0) is 21.2 Å². The SMILES string of the molecule is COC[C@H]1COc2ccccc2-c2nnc(CC(C(C)c3ncc(OC)cn3)S(=O)(=O)NCC[Si](C)(C)C)n21. The van der Waals surface area contributed by atoms with E-state index in [1.54, 1.807) is 19.5 Å². The first-order chi connectivity index (χ1) is 18.5. The molecule has 0 saturated carbocycles. The van der Waals surface area contributed by atoms with Gasteiger partial charge in [0.15, 0.2) is 11.6 Å². The van der Waals surface area contributed by atoms with Crippen molar-refractivity contribution in [1.29, 1.82) is 0 Å². The van der Waals surface area contributed by atoms with Crippen molar-refractivity contribution in [3.05, 3.63) is 48.3 Å². The van der Waals surface area contributed by atoms with E-state index in [1.165, 1.54) is 7.11 Å². The lowest BCUT2D eigenvalue weighted by molar-refractivity contribution is 0.124. The number of nitrogens with one attached hydrogen (secondary N) is 1. The molecule has 13 heteroatoms. The fourth-order valence-electron chi connectivity index (χ4n) is 4.63. The molecule has 0 spiro atoms. The standard InChI is InChI=1S/C26H38N6O5SSi/c1-18(25-27-14-20(36-3)15-28-25)23(38(33,34)29-11-12-39(4,5)6)13-24-30-31-26-21-9-7-8-10-22(21)37-17-19(16-35-2)32(24)26/h7-10,14-15,18-19,23,29H,11-13,16-17H2,1-6H3/t18?,19-,23?/m0/s1. The first kappa shape index (κ1) is 29.1. The molecular weight excluding hydrogens is 536 g/mol. The Bertz CT molecular complexity index is 1360. The summed E-state index contributed by atoms with van der Waals surface area (Å²) in [5.74, 6) is 2.23. The molecular formula is C26H38N6O5SSi. The van der Waals surface area contributed by atoms with Crippen molar-refractivity contribution in [2.24, 2.45) is 0 Å². The summed E-state index contributed by atoms with van der Waals surface area (Å²) in [5.41, 5.74) is 0.800. The molecule has 2 unspecified atom stereocenters. The molecule has 4 rings (SSSR count). The zero-order valence-electron chi connectivity index (χ0n) is 23.4. The highest BCUT2D eigenvalue weighted by molar-refractivity contribution is 7.90. The molecule has 3 heterocycles. The van der Waals surface area contributed by atoms with Gasteiger partial charge in [-0.25, -0.2) is 23.1 Å². The lowest BCUT2D eigenvalue weighted by Gasteiger charge is -2.26. The number of hydrogen-bond acceptors (Lipinski definition) is 9. The monoisotopic (exact) mass is 574 g/mol. The second-order valence-corrected chi connectivity index (χ2v) is 18.6. The molecule has 1 N–H and O–H groups in total. The third-order valence-corrected chi connectivity index (χ3v) is 10.6. The van der Waals surface area contributed by atoms with E-state index in [1.807, 2.05) is 35.8 Å². The molecule has 3 aromatic rings. The van der Waals surface area contributed by atoms with Gasteiger partial charge in [0, 0.05) is 34.1 Å². The summed E-state index contributed by atoms with van der Waals surface area (Å²) in [4.78, 5) is 8.81. The van der Waals surface area contributed by atoms with Crippen LogP contribution in [0.2, 0.25) is 25.7 Å². The van der Waals surface area contributed by atoms with Gasteiger partial charge in [-0.3, -0.25) is 0 Å². The van der Waals surface area contributed by atoms with Gasteiger partial charge in [0.2, 0.25) is 10.0 Å². The number of fused-ring (bicyclic) bond motifs is 3. The van der Waals surface area contributed by atoms with Gasteiger partial charge in [-0.1, -0.05) is 38.7 Å². The van der Waals surface area contributed by atoms with Gasteiger partial charge in [-0.05, 0) is 18.2 Å². The van der Waals surface area contributed by atoms with Crippen LogP contribution in [0.4, 0.5) is 0 Å². The summed E-state index contributed by atoms with van der Waals surface area (Å²) >= 11 is 0. The number of rotatable bonds is 12. The Labute approximate surface area is 231 Å². The number of ether oxygens (including phenoxy) is 3. The zero-order chi connectivity index (χ0) is 28.2. The molecule has 0 fully saturated rings. The summed E-state index contributed by atoms with van der Waals surface area (Å²) in [5, 5.41) is 8.10. The van der Waals surface area contributed by atoms with Crippen LogP contribution in [0.3, 0.4) is 0 Å². The maximum absolute atomic E-state index is 13.8. The molecule has 0 amide bonds. The first-order valence-electron chi connectivity index (χ1n) is 13.0. The van der Waals surface area contributed by atoms with Crippen molar-refractivity contribution < 1.29 is 22.6 Å². The van der Waals surface area contributed by atoms with Crippen molar-refractivity contribution in [3.63, 3.8) is 0 Å². The van der Waals surface area contributed by atoms with Crippen molar-refractivity contribution in [2.75, 3.05) is 34.0 Å². The van der Waals surface area contributed by atoms with E-state index in [4.69, 9.17) is 14.2 Å². The molecule has 212 valence electrons. The Kier molecular flexibility index (Phi) is 9.04. The van der Waals surface area contributed by atoms with E-state index in [9.17, 15) is 8.42 Å². The predicted molar refractivity (Wildman–Crippen MR) is 151 cm³/mol. The average molecular weight is 575 g/mol. The second-order valence-electron chi connectivity index (χ2n) is 11.0. The maximum atomic E-state index is 13.8. The lowest BCUT2D eigenvalue weighted by Crippen LogP contribution is -2.42. The fraction of sp³-hybridized carbons (Fsp3) is 0.538. The van der Waals surface area contributed by atoms with Gasteiger partial charge in [0.1, 0.15) is 24.0 Å². The van der Waals surface area contributed by atoms with Gasteiger partial charge in [0.25, 0.3) is 0 Å². The van der Waals surface area contributed by atoms with E-state index < -0.39 is 29.3 Å². The molecule has 3 atom stereocenters. The Morgan fingerprint density at radius 3 is 2.54 bits per heavy atom. The summed E-state index contributed by atoms with van der Waals surface area (Å²) in [6, 6.07) is 8.23. The highest BCUT2D eigenvalue weighted by Gasteiger charge is 2.37. The smallest absolute Gasteiger partial charge is 0.215 e. The van der Waals surface area contributed by atoms with Crippen molar-refractivity contribution >= 4 is 18.1 Å². The number of para-hydroxylation sites is 1. The maximum Gasteiger partial charge on any atom is 0.215 e. The van der Waals surface area contributed by atoms with E-state index in [2.05, 4.69) is 44.5 Å². The molecule has 1 aliphatic rings. The normalized spacial score (nSPS) is 16.9. The minimum Gasteiger partial charge on any atom is -0.494 e. The van der Waals surface area contributed by atoms with E-state index in [0.29, 0.717) is 48.7 Å². The van der Waals surface area contributed by atoms with Gasteiger partial charge in [-0.2, -0.15) is 0 Å². The molecule has 0 radical (unpaired) electrons. The lowest BCUT2D eigenvalue weighted by atomic mass is 10.0. The largest absolute Gasteiger partial charge is 0.494 e. The van der Waals surface area contributed by atoms with Gasteiger partial charge < -0.3 is 18.8 Å². The molecule has 2 aromatic heterocycles. The van der Waals surface area contributed by atoms with Crippen LogP contribution in [0.5, 0.6) is 11.5 Å². The zero-order valence-corrected chi connectivity index (χ0v) is 25.2. The topological polar surface area (TPSA) is 130 Å². The number of benzene rings is 1. The highest BCUT2D eigenvalue weighted by Crippen LogP contribution is 2.36. The summed E-state index contributed by atoms with van der Waals surface area (Å²) in [6.07, 6.45) is 3.20. The Morgan fingerprint density at radius 1 is 1.15 bits per heavy atom. The third kappa shape index (κ3) is 6.83. The Balaban J connectivity index is 1.74. The van der Waals surface area contributed by atoms with Crippen LogP contribution in [0.1, 0.15) is 30.5 Å². The molecule has 0 aliphatic carbocycles. The predicted octanol–water partition coefficient (Wildman–Crippen LogP) is 3.30. The minimum absolute atomic E-state index is 0.105. The van der Waals surface area contributed by atoms with Crippen LogP contribution in [0.25, 0.3) is 11.4 Å². The number of aromatic nitrogens is 5. The quantitative estimate of drug-likeness (QED) is 0.324. The molecule has 39 heavy (non-hydrogen) atoms. The molecule has 0 saturated heterocycles. The van der Waals surface area contributed by atoms with Gasteiger partial charge in [0.05, 0.1) is 43.0 Å². The Morgan fingerprint density at radius 2 is 1.87 bits per heavy atom. The van der Waals surface area contributed by atoms with Crippen LogP contribution >= 0.6 is 0 Å². The number of sulfonamides is 1. The third-order valence-electron chi connectivity index (χ3n) is 6.86. The minimum atomic E-state index is -3.79. The van der Waals surface area contributed by atoms with Crippen LogP contribution in [0, 0.1) is 0 Å². The second kappa shape index (κ2) is 12.1. The Hall–Kier alpha value is -2.87. The van der Waals surface area contributed by atoms with Crippen LogP contribution < -0.4 is 14.2 Å². The molecule has 0 bridgehead atoms. The van der Waals surface area contributed by atoms with Crippen LogP contribution in [-0.4, -0.2) is 80.5 Å². The molecule has 1 aliphatic heterocycles. The number of nitrogens with zero attached hydrogens (tertiary/aromatic N) is 5. The first-order valence-corrected chi connectivity index (χ1v) is 18.3. The van der Waals surface area contributed by atoms with E-state index >= 15 is 0 Å². The van der Waals surface area contributed by atoms with Gasteiger partial charge in [-0.15, -0.1) is 10.2 Å². The number of methoxy groups -OCH3 is 2. The van der Waals surface area contributed by atoms with Crippen molar-refractivity contribution in [1.82, 2.24) is 29.5 Å².